The Bertz CT molecular complexity index is 1010. The lowest BCUT2D eigenvalue weighted by atomic mass is 10.1. The van der Waals surface area contributed by atoms with E-state index >= 15 is 0 Å². The summed E-state index contributed by atoms with van der Waals surface area (Å²) in [6.07, 6.45) is 3.27. The number of carbonyl (C=O) groups excluding carboxylic acids is 2. The number of rotatable bonds is 9. The maximum atomic E-state index is 13.2. The van der Waals surface area contributed by atoms with Crippen LogP contribution in [0.4, 0.5) is 4.39 Å². The Labute approximate surface area is 185 Å². The zero-order valence-corrected chi connectivity index (χ0v) is 18.0. The van der Waals surface area contributed by atoms with E-state index in [9.17, 15) is 14.0 Å². The van der Waals surface area contributed by atoms with Crippen molar-refractivity contribution in [2.75, 3.05) is 6.61 Å². The molecular formula is C25H24FNO3S. The molecule has 1 heterocycles. The number of carbonyl (C=O) groups is 2. The van der Waals surface area contributed by atoms with Gasteiger partial charge in [-0.1, -0.05) is 48.5 Å². The van der Waals surface area contributed by atoms with E-state index in [1.165, 1.54) is 29.0 Å². The van der Waals surface area contributed by atoms with Crippen LogP contribution in [0.15, 0.2) is 72.1 Å². The van der Waals surface area contributed by atoms with Gasteiger partial charge in [-0.25, -0.2) is 9.18 Å². The van der Waals surface area contributed by atoms with Gasteiger partial charge in [0.15, 0.2) is 6.61 Å². The van der Waals surface area contributed by atoms with E-state index in [1.54, 1.807) is 24.3 Å². The maximum Gasteiger partial charge on any atom is 0.340 e. The quantitative estimate of drug-likeness (QED) is 0.374. The maximum absolute atomic E-state index is 13.2. The van der Waals surface area contributed by atoms with Crippen molar-refractivity contribution < 1.29 is 18.7 Å². The summed E-state index contributed by atoms with van der Waals surface area (Å²) in [6.45, 7) is 1.56. The monoisotopic (exact) mass is 437 g/mol. The highest BCUT2D eigenvalue weighted by molar-refractivity contribution is 7.11. The van der Waals surface area contributed by atoms with Crippen LogP contribution in [0.2, 0.25) is 0 Å². The summed E-state index contributed by atoms with van der Waals surface area (Å²) < 4.78 is 18.4. The van der Waals surface area contributed by atoms with Gasteiger partial charge in [0.1, 0.15) is 5.82 Å². The second kappa shape index (κ2) is 11.2. The van der Waals surface area contributed by atoms with Gasteiger partial charge in [-0.15, -0.1) is 11.3 Å². The number of ether oxygens (including phenoxy) is 1. The Morgan fingerprint density at radius 3 is 2.48 bits per heavy atom. The van der Waals surface area contributed by atoms with E-state index in [2.05, 4.69) is 17.4 Å². The fraction of sp³-hybridized carbons (Fsp3) is 0.200. The van der Waals surface area contributed by atoms with Gasteiger partial charge in [-0.2, -0.15) is 0 Å². The lowest BCUT2D eigenvalue weighted by Crippen LogP contribution is -2.36. The predicted molar refractivity (Wildman–Crippen MR) is 122 cm³/mol. The Kier molecular flexibility index (Phi) is 8.12. The summed E-state index contributed by atoms with van der Waals surface area (Å²) in [5, 5.41) is 4.71. The van der Waals surface area contributed by atoms with Crippen molar-refractivity contribution in [1.29, 1.82) is 0 Å². The lowest BCUT2D eigenvalue weighted by molar-refractivity contribution is -0.143. The van der Waals surface area contributed by atoms with Crippen LogP contribution in [0.25, 0.3) is 11.6 Å². The topological polar surface area (TPSA) is 55.4 Å². The van der Waals surface area contributed by atoms with Gasteiger partial charge in [0.05, 0.1) is 5.57 Å². The van der Waals surface area contributed by atoms with Gasteiger partial charge in [0.25, 0.3) is 5.91 Å². The average Bonchev–Trinajstić information content (AvgIpc) is 3.31. The number of aryl methyl sites for hydroxylation is 1. The first-order valence-electron chi connectivity index (χ1n) is 10.0. The number of nitrogens with one attached hydrogen (secondary N) is 1. The highest BCUT2D eigenvalue weighted by Crippen LogP contribution is 2.24. The fourth-order valence-corrected chi connectivity index (χ4v) is 3.74. The average molecular weight is 438 g/mol. The largest absolute Gasteiger partial charge is 0.452 e. The van der Waals surface area contributed by atoms with Gasteiger partial charge in [-0.3, -0.25) is 4.79 Å². The number of hydrogen-bond donors (Lipinski definition) is 1. The second-order valence-electron chi connectivity index (χ2n) is 7.16. The summed E-state index contributed by atoms with van der Waals surface area (Å²) in [7, 11) is 0. The number of benzene rings is 2. The van der Waals surface area contributed by atoms with E-state index in [0.717, 1.165) is 12.8 Å². The first-order chi connectivity index (χ1) is 15.0. The van der Waals surface area contributed by atoms with Gasteiger partial charge in [-0.05, 0) is 60.5 Å². The number of esters is 1. The van der Waals surface area contributed by atoms with Crippen LogP contribution in [0.5, 0.6) is 0 Å². The van der Waals surface area contributed by atoms with Gasteiger partial charge in [0, 0.05) is 10.9 Å². The molecule has 6 heteroatoms. The molecule has 3 rings (SSSR count). The van der Waals surface area contributed by atoms with E-state index in [1.807, 2.05) is 36.6 Å². The van der Waals surface area contributed by atoms with Crippen molar-refractivity contribution in [3.63, 3.8) is 0 Å². The minimum Gasteiger partial charge on any atom is -0.452 e. The third kappa shape index (κ3) is 7.19. The van der Waals surface area contributed by atoms with Crippen LogP contribution >= 0.6 is 11.3 Å². The standard InChI is InChI=1S/C25H24FNO3S/c1-18(9-10-19-6-3-2-4-7-19)27-24(28)17-30-25(29)22(23-8-5-15-31-23)16-20-11-13-21(26)14-12-20/h2-8,11-16,18H,9-10,17H2,1H3,(H,27,28)/b22-16+/t18-/m1/s1. The van der Waals surface area contributed by atoms with Crippen molar-refractivity contribution in [2.24, 2.45) is 0 Å². The van der Waals surface area contributed by atoms with Crippen molar-refractivity contribution in [3.05, 3.63) is 93.9 Å². The third-order valence-electron chi connectivity index (χ3n) is 4.64. The van der Waals surface area contributed by atoms with E-state index in [4.69, 9.17) is 4.74 Å². The Hall–Kier alpha value is -3.25. The fourth-order valence-electron chi connectivity index (χ4n) is 3.01. The molecule has 0 aliphatic rings. The van der Waals surface area contributed by atoms with Crippen LogP contribution in [-0.2, 0) is 20.7 Å². The summed E-state index contributed by atoms with van der Waals surface area (Å²) in [5.41, 5.74) is 2.20. The smallest absolute Gasteiger partial charge is 0.340 e. The summed E-state index contributed by atoms with van der Waals surface area (Å²) in [4.78, 5) is 25.6. The molecule has 0 saturated carbocycles. The number of hydrogen-bond acceptors (Lipinski definition) is 4. The lowest BCUT2D eigenvalue weighted by Gasteiger charge is -2.14. The zero-order valence-electron chi connectivity index (χ0n) is 17.2. The molecule has 0 radical (unpaired) electrons. The molecule has 1 amide bonds. The first-order valence-corrected chi connectivity index (χ1v) is 10.9. The molecule has 0 unspecified atom stereocenters. The molecule has 2 aromatic carbocycles. The highest BCUT2D eigenvalue weighted by Gasteiger charge is 2.17. The second-order valence-corrected chi connectivity index (χ2v) is 8.10. The Balaban J connectivity index is 1.55. The summed E-state index contributed by atoms with van der Waals surface area (Å²) in [5.74, 6) is -1.30. The van der Waals surface area contributed by atoms with Gasteiger partial charge in [0.2, 0.25) is 0 Å². The van der Waals surface area contributed by atoms with Crippen molar-refractivity contribution in [2.45, 2.75) is 25.8 Å². The predicted octanol–water partition coefficient (Wildman–Crippen LogP) is 5.11. The van der Waals surface area contributed by atoms with Crippen molar-refractivity contribution >= 4 is 34.9 Å². The van der Waals surface area contributed by atoms with Crippen LogP contribution in [-0.4, -0.2) is 24.5 Å². The third-order valence-corrected chi connectivity index (χ3v) is 5.54. The molecule has 0 aliphatic carbocycles. The van der Waals surface area contributed by atoms with Crippen LogP contribution in [0.3, 0.4) is 0 Å². The molecule has 1 aromatic heterocycles. The minimum absolute atomic E-state index is 0.0436. The van der Waals surface area contributed by atoms with Crippen molar-refractivity contribution in [1.82, 2.24) is 5.32 Å². The highest BCUT2D eigenvalue weighted by atomic mass is 32.1. The first kappa shape index (κ1) is 22.4. The minimum atomic E-state index is -0.598. The zero-order chi connectivity index (χ0) is 22.1. The Morgan fingerprint density at radius 2 is 1.81 bits per heavy atom. The summed E-state index contributed by atoms with van der Waals surface area (Å²) in [6, 6.07) is 19.4. The van der Waals surface area contributed by atoms with E-state index < -0.39 is 5.97 Å². The molecule has 160 valence electrons. The molecule has 0 saturated heterocycles. The molecule has 0 aliphatic heterocycles. The molecule has 0 bridgehead atoms. The normalized spacial score (nSPS) is 12.3. The van der Waals surface area contributed by atoms with E-state index in [-0.39, 0.29) is 24.4 Å². The molecular weight excluding hydrogens is 413 g/mol. The molecule has 0 fully saturated rings. The molecule has 4 nitrogen and oxygen atoms in total. The summed E-state index contributed by atoms with van der Waals surface area (Å²) >= 11 is 1.39. The SMILES string of the molecule is C[C@H](CCc1ccccc1)NC(=O)COC(=O)/C(=C/c1ccc(F)cc1)c1cccs1. The molecule has 1 atom stereocenters. The van der Waals surface area contributed by atoms with Crippen LogP contribution < -0.4 is 5.32 Å². The van der Waals surface area contributed by atoms with E-state index in [0.29, 0.717) is 16.0 Å². The van der Waals surface area contributed by atoms with Gasteiger partial charge < -0.3 is 10.1 Å². The van der Waals surface area contributed by atoms with Crippen LogP contribution in [0.1, 0.15) is 29.3 Å². The van der Waals surface area contributed by atoms with Crippen LogP contribution in [0, 0.1) is 5.82 Å². The van der Waals surface area contributed by atoms with Gasteiger partial charge >= 0.3 is 5.97 Å². The number of thiophene rings is 1. The molecule has 31 heavy (non-hydrogen) atoms. The molecule has 1 N–H and O–H groups in total. The number of halogens is 1. The Morgan fingerprint density at radius 1 is 1.06 bits per heavy atom. The molecule has 3 aromatic rings. The molecule has 0 spiro atoms. The van der Waals surface area contributed by atoms with Crippen molar-refractivity contribution in [3.8, 4) is 0 Å². The number of amides is 1.